The third-order valence-corrected chi connectivity index (χ3v) is 3.93. The average molecular weight is 262 g/mol. The lowest BCUT2D eigenvalue weighted by atomic mass is 9.91. The molecule has 1 aliphatic rings. The summed E-state index contributed by atoms with van der Waals surface area (Å²) in [6, 6.07) is 8.32. The molecule has 0 heterocycles. The van der Waals surface area contributed by atoms with Crippen LogP contribution in [0.5, 0.6) is 0 Å². The van der Waals surface area contributed by atoms with Crippen LogP contribution in [-0.4, -0.2) is 18.3 Å². The van der Waals surface area contributed by atoms with Crippen LogP contribution in [0.3, 0.4) is 0 Å². The zero-order valence-corrected chi connectivity index (χ0v) is 12.1. The van der Waals surface area contributed by atoms with Gasteiger partial charge >= 0.3 is 0 Å². The van der Waals surface area contributed by atoms with Gasteiger partial charge in [0.15, 0.2) is 0 Å². The molecule has 1 aromatic rings. The van der Waals surface area contributed by atoms with Crippen molar-refractivity contribution < 1.29 is 9.84 Å². The van der Waals surface area contributed by atoms with Gasteiger partial charge in [0, 0.05) is 13.2 Å². The quantitative estimate of drug-likeness (QED) is 0.647. The zero-order chi connectivity index (χ0) is 13.7. The number of benzene rings is 1. The summed E-state index contributed by atoms with van der Waals surface area (Å²) < 4.78 is 5.66. The Morgan fingerprint density at radius 2 is 2.11 bits per heavy atom. The van der Waals surface area contributed by atoms with Crippen molar-refractivity contribution in [3.8, 4) is 0 Å². The van der Waals surface area contributed by atoms with Crippen molar-refractivity contribution in [1.82, 2.24) is 0 Å². The molecule has 2 rings (SSSR count). The maximum Gasteiger partial charge on any atom is 0.0821 e. The molecule has 2 nitrogen and oxygen atoms in total. The van der Waals surface area contributed by atoms with Crippen LogP contribution in [0.25, 0.3) is 0 Å². The minimum Gasteiger partial charge on any atom is -0.388 e. The van der Waals surface area contributed by atoms with E-state index >= 15 is 0 Å². The maximum atomic E-state index is 10.6. The van der Waals surface area contributed by atoms with Crippen molar-refractivity contribution in [2.75, 3.05) is 13.2 Å². The van der Waals surface area contributed by atoms with Crippen molar-refractivity contribution in [1.29, 1.82) is 0 Å². The molecule has 19 heavy (non-hydrogen) atoms. The highest BCUT2D eigenvalue weighted by atomic mass is 16.5. The molecule has 0 spiro atoms. The molecule has 1 aromatic carbocycles. The molecule has 0 aliphatic heterocycles. The lowest BCUT2D eigenvalue weighted by Crippen LogP contribution is -2.15. The van der Waals surface area contributed by atoms with Crippen LogP contribution in [0.1, 0.15) is 50.3 Å². The molecule has 0 bridgehead atoms. The Kier molecular flexibility index (Phi) is 5.41. The van der Waals surface area contributed by atoms with Gasteiger partial charge in [0.05, 0.1) is 6.10 Å². The van der Waals surface area contributed by atoms with Crippen molar-refractivity contribution >= 4 is 0 Å². The predicted octanol–water partition coefficient (Wildman–Crippen LogP) is 3.74. The summed E-state index contributed by atoms with van der Waals surface area (Å²) in [6.07, 6.45) is 4.00. The molecular formula is C17H26O2. The summed E-state index contributed by atoms with van der Waals surface area (Å²) in [5.41, 5.74) is 2.45. The number of hydrogen-bond acceptors (Lipinski definition) is 2. The molecule has 0 aromatic heterocycles. The van der Waals surface area contributed by atoms with Crippen LogP contribution in [0.15, 0.2) is 24.3 Å². The molecule has 1 N–H and O–H groups in total. The van der Waals surface area contributed by atoms with E-state index in [9.17, 15) is 5.11 Å². The molecule has 2 unspecified atom stereocenters. The van der Waals surface area contributed by atoms with E-state index in [1.165, 1.54) is 12.0 Å². The number of aryl methyl sites for hydroxylation is 1. The fraction of sp³-hybridized carbons (Fsp3) is 0.647. The fourth-order valence-corrected chi connectivity index (χ4v) is 2.87. The van der Waals surface area contributed by atoms with Crippen LogP contribution in [-0.2, 0) is 11.2 Å². The Hall–Kier alpha value is -0.860. The molecule has 2 atom stereocenters. The van der Waals surface area contributed by atoms with Crippen LogP contribution < -0.4 is 0 Å². The van der Waals surface area contributed by atoms with Gasteiger partial charge in [-0.15, -0.1) is 0 Å². The molecule has 0 saturated heterocycles. The van der Waals surface area contributed by atoms with Gasteiger partial charge in [-0.05, 0) is 48.6 Å². The smallest absolute Gasteiger partial charge is 0.0821 e. The second-order valence-corrected chi connectivity index (χ2v) is 6.05. The second kappa shape index (κ2) is 7.06. The Labute approximate surface area is 116 Å². The van der Waals surface area contributed by atoms with Gasteiger partial charge in [0.25, 0.3) is 0 Å². The molecule has 2 heteroatoms. The molecule has 0 radical (unpaired) electrons. The number of aliphatic hydroxyl groups is 1. The van der Waals surface area contributed by atoms with Gasteiger partial charge in [-0.1, -0.05) is 38.1 Å². The fourth-order valence-electron chi connectivity index (χ4n) is 2.87. The lowest BCUT2D eigenvalue weighted by Gasteiger charge is -2.22. The monoisotopic (exact) mass is 262 g/mol. The van der Waals surface area contributed by atoms with E-state index in [0.717, 1.165) is 38.0 Å². The van der Waals surface area contributed by atoms with Crippen LogP contribution in [0.4, 0.5) is 0 Å². The first kappa shape index (κ1) is 14.5. The van der Waals surface area contributed by atoms with Crippen LogP contribution in [0.2, 0.25) is 0 Å². The van der Waals surface area contributed by atoms with E-state index in [0.29, 0.717) is 11.8 Å². The summed E-state index contributed by atoms with van der Waals surface area (Å²) in [5.74, 6) is 0.926. The summed E-state index contributed by atoms with van der Waals surface area (Å²) >= 11 is 0. The predicted molar refractivity (Wildman–Crippen MR) is 78.1 cm³/mol. The first-order valence-electron chi connectivity index (χ1n) is 7.52. The SMILES string of the molecule is CC(C)COCCC1CCCc2ccccc2C1O. The Morgan fingerprint density at radius 3 is 2.89 bits per heavy atom. The molecule has 0 saturated carbocycles. The van der Waals surface area contributed by atoms with Crippen molar-refractivity contribution in [2.45, 2.75) is 45.6 Å². The van der Waals surface area contributed by atoms with Gasteiger partial charge in [-0.25, -0.2) is 0 Å². The van der Waals surface area contributed by atoms with E-state index in [1.807, 2.05) is 6.07 Å². The van der Waals surface area contributed by atoms with E-state index in [-0.39, 0.29) is 6.10 Å². The van der Waals surface area contributed by atoms with E-state index in [2.05, 4.69) is 32.0 Å². The highest BCUT2D eigenvalue weighted by molar-refractivity contribution is 5.30. The molecule has 106 valence electrons. The summed E-state index contributed by atoms with van der Waals surface area (Å²) in [7, 11) is 0. The number of hydrogen-bond donors (Lipinski definition) is 1. The topological polar surface area (TPSA) is 29.5 Å². The van der Waals surface area contributed by atoms with Crippen LogP contribution >= 0.6 is 0 Å². The first-order chi connectivity index (χ1) is 9.18. The number of aliphatic hydroxyl groups excluding tert-OH is 1. The third-order valence-electron chi connectivity index (χ3n) is 3.93. The van der Waals surface area contributed by atoms with Crippen molar-refractivity contribution in [3.63, 3.8) is 0 Å². The van der Waals surface area contributed by atoms with Crippen molar-refractivity contribution in [3.05, 3.63) is 35.4 Å². The third kappa shape index (κ3) is 4.05. The maximum absolute atomic E-state index is 10.6. The van der Waals surface area contributed by atoms with Gasteiger partial charge in [0.1, 0.15) is 0 Å². The second-order valence-electron chi connectivity index (χ2n) is 6.05. The molecular weight excluding hydrogens is 236 g/mol. The van der Waals surface area contributed by atoms with Crippen molar-refractivity contribution in [2.24, 2.45) is 11.8 Å². The van der Waals surface area contributed by atoms with E-state index < -0.39 is 0 Å². The van der Waals surface area contributed by atoms with Gasteiger partial charge in [-0.3, -0.25) is 0 Å². The normalized spacial score (nSPS) is 23.2. The highest BCUT2D eigenvalue weighted by Gasteiger charge is 2.25. The molecule has 1 aliphatic carbocycles. The van der Waals surface area contributed by atoms with Gasteiger partial charge in [-0.2, -0.15) is 0 Å². The van der Waals surface area contributed by atoms with Gasteiger partial charge < -0.3 is 9.84 Å². The number of ether oxygens (including phenoxy) is 1. The van der Waals surface area contributed by atoms with E-state index in [1.54, 1.807) is 0 Å². The van der Waals surface area contributed by atoms with Crippen LogP contribution in [0, 0.1) is 11.8 Å². The number of fused-ring (bicyclic) bond motifs is 1. The number of rotatable bonds is 5. The standard InChI is InChI=1S/C17H26O2/c1-13(2)12-19-11-10-15-8-5-7-14-6-3-4-9-16(14)17(15)18/h3-4,6,9,13,15,17-18H,5,7-8,10-12H2,1-2H3. The Balaban J connectivity index is 1.92. The Morgan fingerprint density at radius 1 is 1.32 bits per heavy atom. The minimum absolute atomic E-state index is 0.318. The summed E-state index contributed by atoms with van der Waals surface area (Å²) in [5, 5.41) is 10.6. The minimum atomic E-state index is -0.318. The highest BCUT2D eigenvalue weighted by Crippen LogP contribution is 2.34. The average Bonchev–Trinajstić information content (AvgIpc) is 2.55. The molecule has 0 fully saturated rings. The molecule has 0 amide bonds. The first-order valence-corrected chi connectivity index (χ1v) is 7.52. The largest absolute Gasteiger partial charge is 0.388 e. The van der Waals surface area contributed by atoms with E-state index in [4.69, 9.17) is 4.74 Å². The summed E-state index contributed by atoms with van der Waals surface area (Å²) in [6.45, 7) is 5.91. The zero-order valence-electron chi connectivity index (χ0n) is 12.1. The lowest BCUT2D eigenvalue weighted by molar-refractivity contribution is 0.0544. The van der Waals surface area contributed by atoms with Gasteiger partial charge in [0.2, 0.25) is 0 Å². The summed E-state index contributed by atoms with van der Waals surface area (Å²) in [4.78, 5) is 0. The Bertz CT molecular complexity index is 387.